The van der Waals surface area contributed by atoms with Gasteiger partial charge >= 0.3 is 6.18 Å². The number of halogens is 3. The molecule has 1 amide bonds. The Morgan fingerprint density at radius 1 is 1.13 bits per heavy atom. The van der Waals surface area contributed by atoms with Crippen LogP contribution >= 0.6 is 0 Å². The van der Waals surface area contributed by atoms with E-state index in [-0.39, 0.29) is 24.6 Å². The van der Waals surface area contributed by atoms with Gasteiger partial charge in [0.25, 0.3) is 0 Å². The molecule has 1 aromatic carbocycles. The topological polar surface area (TPSA) is 68.0 Å². The highest BCUT2D eigenvalue weighted by atomic mass is 19.4. The predicted octanol–water partition coefficient (Wildman–Crippen LogP) is 3.13. The van der Waals surface area contributed by atoms with Crippen LogP contribution in [0.25, 0.3) is 0 Å². The van der Waals surface area contributed by atoms with Crippen molar-refractivity contribution < 1.29 is 18.0 Å². The highest BCUT2D eigenvalue weighted by molar-refractivity contribution is 5.91. The van der Waals surface area contributed by atoms with Crippen molar-refractivity contribution in [2.45, 2.75) is 25.6 Å². The Morgan fingerprint density at radius 2 is 1.83 bits per heavy atom. The van der Waals surface area contributed by atoms with E-state index in [0.29, 0.717) is 12.0 Å². The number of hydrogen-bond acceptors (Lipinski definition) is 3. The van der Waals surface area contributed by atoms with Crippen LogP contribution in [0.4, 0.5) is 18.9 Å². The molecule has 1 heterocycles. The van der Waals surface area contributed by atoms with Gasteiger partial charge in [-0.25, -0.2) is 0 Å². The molecule has 0 saturated carbocycles. The summed E-state index contributed by atoms with van der Waals surface area (Å²) in [6, 6.07) is 6.89. The van der Waals surface area contributed by atoms with Crippen LogP contribution in [0.5, 0.6) is 0 Å². The van der Waals surface area contributed by atoms with Gasteiger partial charge in [-0.15, -0.1) is 0 Å². The summed E-state index contributed by atoms with van der Waals surface area (Å²) in [5, 5.41) is 2.49. The number of benzene rings is 1. The molecule has 2 rings (SSSR count). The standard InChI is InChI=1S/C16H16F3N3O/c17-16(18,19)13-7-12(10-20)8-14(9-13)22-15(23)2-1-11-3-5-21-6-4-11/h3-9H,1-2,10,20H2,(H,22,23). The van der Waals surface area contributed by atoms with E-state index in [1.807, 2.05) is 0 Å². The number of nitrogens with zero attached hydrogens (tertiary/aromatic N) is 1. The van der Waals surface area contributed by atoms with Gasteiger partial charge in [0.2, 0.25) is 5.91 Å². The summed E-state index contributed by atoms with van der Waals surface area (Å²) in [6.45, 7) is -0.0379. The maximum absolute atomic E-state index is 12.8. The Bertz CT molecular complexity index is 672. The van der Waals surface area contributed by atoms with E-state index in [1.165, 1.54) is 6.07 Å². The third-order valence-corrected chi connectivity index (χ3v) is 3.23. The van der Waals surface area contributed by atoms with Crippen molar-refractivity contribution in [3.8, 4) is 0 Å². The van der Waals surface area contributed by atoms with E-state index >= 15 is 0 Å². The molecule has 3 N–H and O–H groups in total. The monoisotopic (exact) mass is 323 g/mol. The molecule has 0 unspecified atom stereocenters. The molecule has 0 atom stereocenters. The average Bonchev–Trinajstić information content (AvgIpc) is 2.52. The number of pyridine rings is 1. The molecule has 0 saturated heterocycles. The van der Waals surface area contributed by atoms with Crippen LogP contribution in [0.15, 0.2) is 42.7 Å². The summed E-state index contributed by atoms with van der Waals surface area (Å²) in [5.74, 6) is -0.357. The minimum absolute atomic E-state index is 0.0379. The van der Waals surface area contributed by atoms with Gasteiger partial charge in [-0.1, -0.05) is 0 Å². The van der Waals surface area contributed by atoms with Crippen molar-refractivity contribution in [3.05, 3.63) is 59.4 Å². The number of carbonyl (C=O) groups excluding carboxylic acids is 1. The number of nitrogens with two attached hydrogens (primary N) is 1. The van der Waals surface area contributed by atoms with Gasteiger partial charge < -0.3 is 11.1 Å². The van der Waals surface area contributed by atoms with Gasteiger partial charge in [-0.2, -0.15) is 13.2 Å². The van der Waals surface area contributed by atoms with E-state index < -0.39 is 11.7 Å². The molecule has 2 aromatic rings. The van der Waals surface area contributed by atoms with Crippen molar-refractivity contribution in [2.24, 2.45) is 5.73 Å². The number of aryl methyl sites for hydroxylation is 1. The second kappa shape index (κ2) is 7.23. The quantitative estimate of drug-likeness (QED) is 0.888. The first-order valence-corrected chi connectivity index (χ1v) is 6.98. The zero-order valence-electron chi connectivity index (χ0n) is 12.2. The average molecular weight is 323 g/mol. The normalized spacial score (nSPS) is 11.3. The van der Waals surface area contributed by atoms with Crippen molar-refractivity contribution in [2.75, 3.05) is 5.32 Å². The molecule has 0 bridgehead atoms. The number of amides is 1. The maximum atomic E-state index is 12.8. The molecule has 122 valence electrons. The van der Waals surface area contributed by atoms with Crippen LogP contribution in [0, 0.1) is 0 Å². The minimum Gasteiger partial charge on any atom is -0.326 e. The fraction of sp³-hybridized carbons (Fsp3) is 0.250. The fourth-order valence-electron chi connectivity index (χ4n) is 2.08. The predicted molar refractivity (Wildman–Crippen MR) is 80.5 cm³/mol. The lowest BCUT2D eigenvalue weighted by Gasteiger charge is -2.12. The molecule has 7 heteroatoms. The van der Waals surface area contributed by atoms with E-state index in [9.17, 15) is 18.0 Å². The lowest BCUT2D eigenvalue weighted by atomic mass is 10.1. The zero-order valence-corrected chi connectivity index (χ0v) is 12.2. The van der Waals surface area contributed by atoms with Crippen LogP contribution in [-0.4, -0.2) is 10.9 Å². The number of rotatable bonds is 5. The van der Waals surface area contributed by atoms with Crippen molar-refractivity contribution in [1.29, 1.82) is 0 Å². The first-order chi connectivity index (χ1) is 10.9. The number of aromatic nitrogens is 1. The molecular formula is C16H16F3N3O. The summed E-state index contributed by atoms with van der Waals surface area (Å²) in [6.07, 6.45) is -0.599. The molecule has 0 radical (unpaired) electrons. The first-order valence-electron chi connectivity index (χ1n) is 6.98. The highest BCUT2D eigenvalue weighted by Gasteiger charge is 2.31. The summed E-state index contributed by atoms with van der Waals surface area (Å²) in [4.78, 5) is 15.8. The van der Waals surface area contributed by atoms with Crippen LogP contribution < -0.4 is 11.1 Å². The Labute approximate surface area is 131 Å². The molecule has 0 fully saturated rings. The minimum atomic E-state index is -4.48. The van der Waals surface area contributed by atoms with Gasteiger partial charge in [0, 0.05) is 31.0 Å². The smallest absolute Gasteiger partial charge is 0.326 e. The van der Waals surface area contributed by atoms with Gasteiger partial charge in [0.05, 0.1) is 5.56 Å². The van der Waals surface area contributed by atoms with Gasteiger partial charge in [-0.3, -0.25) is 9.78 Å². The van der Waals surface area contributed by atoms with Crippen molar-refractivity contribution in [1.82, 2.24) is 4.98 Å². The Hall–Kier alpha value is -2.41. The van der Waals surface area contributed by atoms with E-state index in [4.69, 9.17) is 5.73 Å². The SMILES string of the molecule is NCc1cc(NC(=O)CCc2ccncc2)cc(C(F)(F)F)c1. The van der Waals surface area contributed by atoms with Gasteiger partial charge in [0.15, 0.2) is 0 Å². The second-order valence-corrected chi connectivity index (χ2v) is 5.02. The summed E-state index contributed by atoms with van der Waals surface area (Å²) in [5.41, 5.74) is 5.92. The van der Waals surface area contributed by atoms with Gasteiger partial charge in [0.1, 0.15) is 0 Å². The Kier molecular flexibility index (Phi) is 5.33. The Morgan fingerprint density at radius 3 is 2.43 bits per heavy atom. The number of carbonyl (C=O) groups is 1. The molecule has 0 aliphatic rings. The Balaban J connectivity index is 2.05. The van der Waals surface area contributed by atoms with Crippen LogP contribution in [0.1, 0.15) is 23.1 Å². The number of alkyl halides is 3. The number of nitrogens with one attached hydrogen (secondary N) is 1. The van der Waals surface area contributed by atoms with Crippen LogP contribution in [-0.2, 0) is 23.9 Å². The van der Waals surface area contributed by atoms with Crippen LogP contribution in [0.2, 0.25) is 0 Å². The van der Waals surface area contributed by atoms with Crippen molar-refractivity contribution in [3.63, 3.8) is 0 Å². The summed E-state index contributed by atoms with van der Waals surface area (Å²) in [7, 11) is 0. The van der Waals surface area contributed by atoms with E-state index in [0.717, 1.165) is 17.7 Å². The molecule has 0 aliphatic carbocycles. The molecule has 0 aliphatic heterocycles. The number of hydrogen-bond donors (Lipinski definition) is 2. The maximum Gasteiger partial charge on any atom is 0.416 e. The fourth-order valence-corrected chi connectivity index (χ4v) is 2.08. The summed E-state index contributed by atoms with van der Waals surface area (Å²) >= 11 is 0. The third kappa shape index (κ3) is 5.07. The molecule has 0 spiro atoms. The lowest BCUT2D eigenvalue weighted by molar-refractivity contribution is -0.137. The molecule has 23 heavy (non-hydrogen) atoms. The third-order valence-electron chi connectivity index (χ3n) is 3.23. The first kappa shape index (κ1) is 17.0. The lowest BCUT2D eigenvalue weighted by Crippen LogP contribution is -2.14. The van der Waals surface area contributed by atoms with E-state index in [1.54, 1.807) is 24.5 Å². The zero-order chi connectivity index (χ0) is 16.9. The number of anilines is 1. The highest BCUT2D eigenvalue weighted by Crippen LogP contribution is 2.32. The van der Waals surface area contributed by atoms with Gasteiger partial charge in [-0.05, 0) is 47.9 Å². The second-order valence-electron chi connectivity index (χ2n) is 5.02. The molecular weight excluding hydrogens is 307 g/mol. The van der Waals surface area contributed by atoms with E-state index in [2.05, 4.69) is 10.3 Å². The van der Waals surface area contributed by atoms with Crippen LogP contribution in [0.3, 0.4) is 0 Å². The largest absolute Gasteiger partial charge is 0.416 e. The molecule has 1 aromatic heterocycles. The summed E-state index contributed by atoms with van der Waals surface area (Å²) < 4.78 is 38.5. The molecule has 4 nitrogen and oxygen atoms in total. The van der Waals surface area contributed by atoms with Crippen molar-refractivity contribution >= 4 is 11.6 Å².